The molecule has 0 atom stereocenters. The van der Waals surface area contributed by atoms with Gasteiger partial charge in [-0.1, -0.05) is 22.0 Å². The van der Waals surface area contributed by atoms with Crippen LogP contribution < -0.4 is 5.73 Å². The van der Waals surface area contributed by atoms with Gasteiger partial charge < -0.3 is 4.90 Å². The van der Waals surface area contributed by atoms with Crippen LogP contribution in [0.5, 0.6) is 0 Å². The lowest BCUT2D eigenvalue weighted by Gasteiger charge is -2.29. The summed E-state index contributed by atoms with van der Waals surface area (Å²) in [5, 5.41) is 0. The molecule has 20 heavy (non-hydrogen) atoms. The Bertz CT molecular complexity index is 503. The number of alkyl halides is 3. The number of nitrogens with two attached hydrogens (primary N) is 1. The molecule has 0 unspecified atom stereocenters. The molecular formula is C13H16BrF3N3+. The highest BCUT2D eigenvalue weighted by Crippen LogP contribution is 2.20. The van der Waals surface area contributed by atoms with Crippen molar-refractivity contribution in [3.8, 4) is 0 Å². The molecule has 0 aromatic heterocycles. The van der Waals surface area contributed by atoms with Gasteiger partial charge in [-0.05, 0) is 29.1 Å². The van der Waals surface area contributed by atoms with E-state index in [-0.39, 0.29) is 12.4 Å². The van der Waals surface area contributed by atoms with Gasteiger partial charge >= 0.3 is 6.18 Å². The van der Waals surface area contributed by atoms with Gasteiger partial charge in [-0.3, -0.25) is 10.3 Å². The molecule has 0 spiro atoms. The minimum atomic E-state index is -4.22. The summed E-state index contributed by atoms with van der Waals surface area (Å²) in [6, 6.07) is 0. The van der Waals surface area contributed by atoms with Crippen LogP contribution in [-0.2, 0) is 0 Å². The summed E-state index contributed by atoms with van der Waals surface area (Å²) < 4.78 is 39.5. The number of halogens is 4. The van der Waals surface area contributed by atoms with Crippen molar-refractivity contribution in [2.24, 2.45) is 5.73 Å². The Morgan fingerprint density at radius 3 is 2.75 bits per heavy atom. The van der Waals surface area contributed by atoms with E-state index in [2.05, 4.69) is 15.9 Å². The van der Waals surface area contributed by atoms with Gasteiger partial charge in [0.2, 0.25) is 0 Å². The van der Waals surface area contributed by atoms with Gasteiger partial charge in [0.15, 0.2) is 6.54 Å². The third-order valence-electron chi connectivity index (χ3n) is 3.17. The Balaban J connectivity index is 2.09. The van der Waals surface area contributed by atoms with Gasteiger partial charge in [0.25, 0.3) is 5.84 Å². The number of hydrogen-bond donors (Lipinski definition) is 1. The van der Waals surface area contributed by atoms with Crippen LogP contribution in [0.2, 0.25) is 0 Å². The lowest BCUT2D eigenvalue weighted by molar-refractivity contribution is -0.563. The highest BCUT2D eigenvalue weighted by molar-refractivity contribution is 9.11. The van der Waals surface area contributed by atoms with Crippen LogP contribution in [0.1, 0.15) is 6.42 Å². The Morgan fingerprint density at radius 1 is 1.35 bits per heavy atom. The quantitative estimate of drug-likeness (QED) is 0.775. The van der Waals surface area contributed by atoms with Crippen molar-refractivity contribution < 1.29 is 17.7 Å². The molecule has 0 saturated heterocycles. The SMILES string of the molecule is NC1=[N+](CC(F)(F)F)CCN(C2=CC=C(Br)CC=C2)C1. The third kappa shape index (κ3) is 4.13. The van der Waals surface area contributed by atoms with E-state index < -0.39 is 12.7 Å². The smallest absolute Gasteiger partial charge is 0.356 e. The van der Waals surface area contributed by atoms with Gasteiger partial charge in [-0.25, -0.2) is 0 Å². The molecule has 2 N–H and O–H groups in total. The Morgan fingerprint density at radius 2 is 2.10 bits per heavy atom. The average molecular weight is 351 g/mol. The zero-order valence-electron chi connectivity index (χ0n) is 10.8. The second kappa shape index (κ2) is 6.03. The molecule has 1 aliphatic carbocycles. The molecule has 1 aliphatic heterocycles. The van der Waals surface area contributed by atoms with Gasteiger partial charge in [0.1, 0.15) is 13.1 Å². The maximum atomic E-state index is 12.4. The number of amidine groups is 1. The lowest BCUT2D eigenvalue weighted by Crippen LogP contribution is -2.49. The van der Waals surface area contributed by atoms with Crippen molar-refractivity contribution >= 4 is 21.8 Å². The number of nitrogens with zero attached hydrogens (tertiary/aromatic N) is 2. The van der Waals surface area contributed by atoms with Crippen molar-refractivity contribution in [1.29, 1.82) is 0 Å². The monoisotopic (exact) mass is 350 g/mol. The van der Waals surface area contributed by atoms with Crippen LogP contribution in [0.25, 0.3) is 0 Å². The summed E-state index contributed by atoms with van der Waals surface area (Å²) in [7, 11) is 0. The fraction of sp³-hybridized carbons (Fsp3) is 0.462. The fourth-order valence-electron chi connectivity index (χ4n) is 2.18. The molecule has 110 valence electrons. The van der Waals surface area contributed by atoms with Crippen LogP contribution in [0.15, 0.2) is 34.5 Å². The van der Waals surface area contributed by atoms with Gasteiger partial charge in [-0.15, -0.1) is 0 Å². The first-order valence-corrected chi connectivity index (χ1v) is 7.05. The van der Waals surface area contributed by atoms with Crippen LogP contribution in [0.3, 0.4) is 0 Å². The van der Waals surface area contributed by atoms with Gasteiger partial charge in [0, 0.05) is 5.70 Å². The van der Waals surface area contributed by atoms with Crippen molar-refractivity contribution in [3.05, 3.63) is 34.5 Å². The Labute approximate surface area is 124 Å². The summed E-state index contributed by atoms with van der Waals surface area (Å²) in [6.07, 6.45) is 4.47. The van der Waals surface area contributed by atoms with Crippen molar-refractivity contribution in [3.63, 3.8) is 0 Å². The van der Waals surface area contributed by atoms with E-state index in [0.717, 1.165) is 16.6 Å². The van der Waals surface area contributed by atoms with E-state index in [9.17, 15) is 13.2 Å². The van der Waals surface area contributed by atoms with Crippen LogP contribution in [-0.4, -0.2) is 47.7 Å². The predicted molar refractivity (Wildman–Crippen MR) is 75.7 cm³/mol. The first-order valence-electron chi connectivity index (χ1n) is 6.26. The minimum absolute atomic E-state index is 0.259. The van der Waals surface area contributed by atoms with Crippen molar-refractivity contribution in [1.82, 2.24) is 4.90 Å². The summed E-state index contributed by atoms with van der Waals surface area (Å²) >= 11 is 3.43. The fourth-order valence-corrected chi connectivity index (χ4v) is 2.50. The maximum absolute atomic E-state index is 12.4. The van der Waals surface area contributed by atoms with Crippen molar-refractivity contribution in [2.45, 2.75) is 12.6 Å². The zero-order valence-corrected chi connectivity index (χ0v) is 12.4. The normalized spacial score (nSPS) is 20.7. The third-order valence-corrected chi connectivity index (χ3v) is 3.76. The number of rotatable bonds is 2. The molecule has 0 aromatic carbocycles. The Kier molecular flexibility index (Phi) is 4.57. The highest BCUT2D eigenvalue weighted by Gasteiger charge is 2.34. The molecule has 3 nitrogen and oxygen atoms in total. The minimum Gasteiger partial charge on any atom is -0.356 e. The van der Waals surface area contributed by atoms with E-state index in [1.807, 2.05) is 29.2 Å². The standard InChI is InChI=1S/C13H15BrF3N3/c14-10-2-1-3-11(5-4-10)19-6-7-20(12(18)8-19)9-13(15,16)17/h1,3-5,18H,2,6-9H2/p+1. The predicted octanol–water partition coefficient (Wildman–Crippen LogP) is 2.36. The topological polar surface area (TPSA) is 32.3 Å². The molecular weight excluding hydrogens is 335 g/mol. The number of hydrogen-bond acceptors (Lipinski definition) is 2. The largest absolute Gasteiger partial charge is 0.425 e. The van der Waals surface area contributed by atoms with Gasteiger partial charge in [-0.2, -0.15) is 13.2 Å². The van der Waals surface area contributed by atoms with E-state index in [4.69, 9.17) is 5.73 Å². The molecule has 0 radical (unpaired) electrons. The van der Waals surface area contributed by atoms with Crippen LogP contribution in [0.4, 0.5) is 13.2 Å². The second-order valence-electron chi connectivity index (χ2n) is 4.76. The van der Waals surface area contributed by atoms with Crippen molar-refractivity contribution in [2.75, 3.05) is 26.2 Å². The summed E-state index contributed by atoms with van der Waals surface area (Å²) in [4.78, 5) is 1.99. The summed E-state index contributed by atoms with van der Waals surface area (Å²) in [6.45, 7) is 0.143. The van der Waals surface area contributed by atoms with Gasteiger partial charge in [0.05, 0.1) is 6.54 Å². The molecule has 0 fully saturated rings. The first-order chi connectivity index (χ1) is 9.35. The second-order valence-corrected chi connectivity index (χ2v) is 5.78. The molecule has 0 aromatic rings. The highest BCUT2D eigenvalue weighted by atomic mass is 79.9. The molecule has 1 heterocycles. The van der Waals surface area contributed by atoms with E-state index in [1.165, 1.54) is 4.58 Å². The molecule has 0 amide bonds. The van der Waals surface area contributed by atoms with E-state index >= 15 is 0 Å². The summed E-state index contributed by atoms with van der Waals surface area (Å²) in [5.74, 6) is 0.259. The number of allylic oxidation sites excluding steroid dienone is 5. The van der Waals surface area contributed by atoms with Crippen LogP contribution in [0, 0.1) is 0 Å². The van der Waals surface area contributed by atoms with E-state index in [0.29, 0.717) is 13.1 Å². The van der Waals surface area contributed by atoms with E-state index in [1.54, 1.807) is 0 Å². The Hall–Kier alpha value is -1.24. The lowest BCUT2D eigenvalue weighted by atomic mass is 10.2. The van der Waals surface area contributed by atoms with Crippen LogP contribution >= 0.6 is 15.9 Å². The zero-order chi connectivity index (χ0) is 14.8. The molecule has 2 rings (SSSR count). The summed E-state index contributed by atoms with van der Waals surface area (Å²) in [5.41, 5.74) is 6.74. The maximum Gasteiger partial charge on any atom is 0.425 e. The first kappa shape index (κ1) is 15.2. The molecule has 7 heteroatoms. The molecule has 0 bridgehead atoms. The average Bonchev–Trinajstić information content (AvgIpc) is 2.55. The molecule has 0 saturated carbocycles. The molecule has 2 aliphatic rings.